The number of carbonyl (C=O) groups is 1. The van der Waals surface area contributed by atoms with Crippen LogP contribution in [0.2, 0.25) is 0 Å². The maximum atomic E-state index is 12.4. The third-order valence-corrected chi connectivity index (χ3v) is 6.56. The summed E-state index contributed by atoms with van der Waals surface area (Å²) in [5, 5.41) is 3.06. The normalized spacial score (nSPS) is 28.5. The first-order chi connectivity index (χ1) is 10.4. The quantitative estimate of drug-likeness (QED) is 0.864. The van der Waals surface area contributed by atoms with E-state index in [0.717, 1.165) is 17.3 Å². The molecule has 120 valence electrons. The number of hydrogen-bond acceptors (Lipinski definition) is 3. The topological polar surface area (TPSA) is 66.5 Å². The lowest BCUT2D eigenvalue weighted by Crippen LogP contribution is -2.52. The average Bonchev–Trinajstić information content (AvgIpc) is 2.72. The predicted octanol–water partition coefficient (Wildman–Crippen LogP) is 2.13. The summed E-state index contributed by atoms with van der Waals surface area (Å²) in [6.07, 6.45) is 4.44. The summed E-state index contributed by atoms with van der Waals surface area (Å²) < 4.78 is 26.2. The van der Waals surface area contributed by atoms with Crippen molar-refractivity contribution in [1.29, 1.82) is 0 Å². The van der Waals surface area contributed by atoms with Gasteiger partial charge in [0.25, 0.3) is 5.91 Å². The molecule has 0 aromatic heterocycles. The van der Waals surface area contributed by atoms with Gasteiger partial charge in [0.05, 0.1) is 11.8 Å². The van der Waals surface area contributed by atoms with E-state index in [1.165, 1.54) is 6.26 Å². The Morgan fingerprint density at radius 1 is 1.23 bits per heavy atom. The Bertz CT molecular complexity index is 678. The first kappa shape index (κ1) is 16.0. The average molecular weight is 387 g/mol. The molecule has 2 bridgehead atoms. The minimum Gasteiger partial charge on any atom is -0.349 e. The zero-order valence-electron chi connectivity index (χ0n) is 12.3. The summed E-state index contributed by atoms with van der Waals surface area (Å²) in [5.41, 5.74) is 0.611. The van der Waals surface area contributed by atoms with Gasteiger partial charge in [-0.05, 0) is 53.7 Å². The molecule has 0 spiro atoms. The fourth-order valence-corrected chi connectivity index (χ4v) is 5.63. The number of fused-ring (bicyclic) bond motifs is 2. The van der Waals surface area contributed by atoms with Crippen LogP contribution in [0.5, 0.6) is 0 Å². The van der Waals surface area contributed by atoms with E-state index in [0.29, 0.717) is 18.4 Å². The van der Waals surface area contributed by atoms with E-state index in [4.69, 9.17) is 0 Å². The molecule has 0 aliphatic carbocycles. The van der Waals surface area contributed by atoms with E-state index in [9.17, 15) is 13.2 Å². The molecule has 2 fully saturated rings. The molecule has 2 heterocycles. The SMILES string of the molecule is CS(=O)(=O)N1C2CCC1CC(NC(=O)c1ccccc1Br)C2. The maximum absolute atomic E-state index is 12.4. The van der Waals surface area contributed by atoms with Crippen molar-refractivity contribution in [3.8, 4) is 0 Å². The van der Waals surface area contributed by atoms with E-state index in [2.05, 4.69) is 21.2 Å². The summed E-state index contributed by atoms with van der Waals surface area (Å²) >= 11 is 3.39. The summed E-state index contributed by atoms with van der Waals surface area (Å²) in [7, 11) is -3.16. The summed E-state index contributed by atoms with van der Waals surface area (Å²) in [6, 6.07) is 7.40. The van der Waals surface area contributed by atoms with E-state index in [1.807, 2.05) is 18.2 Å². The summed E-state index contributed by atoms with van der Waals surface area (Å²) in [6.45, 7) is 0. The van der Waals surface area contributed by atoms with Gasteiger partial charge in [-0.25, -0.2) is 8.42 Å². The second-order valence-corrected chi connectivity index (χ2v) is 8.84. The highest BCUT2D eigenvalue weighted by Gasteiger charge is 2.45. The molecule has 1 amide bonds. The molecule has 2 atom stereocenters. The van der Waals surface area contributed by atoms with Crippen LogP contribution in [-0.2, 0) is 10.0 Å². The molecule has 0 saturated carbocycles. The number of benzene rings is 1. The largest absolute Gasteiger partial charge is 0.349 e. The molecule has 5 nitrogen and oxygen atoms in total. The van der Waals surface area contributed by atoms with Gasteiger partial charge in [0.2, 0.25) is 10.0 Å². The number of nitrogens with one attached hydrogen (secondary N) is 1. The lowest BCUT2D eigenvalue weighted by molar-refractivity contribution is 0.0909. The third-order valence-electron chi connectivity index (χ3n) is 4.50. The lowest BCUT2D eigenvalue weighted by Gasteiger charge is -2.37. The van der Waals surface area contributed by atoms with Gasteiger partial charge in [-0.15, -0.1) is 0 Å². The Morgan fingerprint density at radius 3 is 2.36 bits per heavy atom. The number of piperidine rings is 1. The Hall–Kier alpha value is -0.920. The van der Waals surface area contributed by atoms with Gasteiger partial charge in [-0.2, -0.15) is 4.31 Å². The van der Waals surface area contributed by atoms with Crippen molar-refractivity contribution >= 4 is 31.9 Å². The molecule has 1 aromatic rings. The van der Waals surface area contributed by atoms with Gasteiger partial charge in [-0.3, -0.25) is 4.79 Å². The van der Waals surface area contributed by atoms with Gasteiger partial charge in [0.1, 0.15) is 0 Å². The smallest absolute Gasteiger partial charge is 0.252 e. The first-order valence-corrected chi connectivity index (χ1v) is 10.0. The number of rotatable bonds is 3. The van der Waals surface area contributed by atoms with Crippen LogP contribution in [0.15, 0.2) is 28.7 Å². The molecular formula is C15H19BrN2O3S. The fraction of sp³-hybridized carbons (Fsp3) is 0.533. The summed E-state index contributed by atoms with van der Waals surface area (Å²) in [4.78, 5) is 12.4. The van der Waals surface area contributed by atoms with Crippen molar-refractivity contribution in [3.63, 3.8) is 0 Å². The maximum Gasteiger partial charge on any atom is 0.252 e. The number of nitrogens with zero attached hydrogens (tertiary/aromatic N) is 1. The van der Waals surface area contributed by atoms with Gasteiger partial charge in [0.15, 0.2) is 0 Å². The molecule has 2 aliphatic rings. The summed E-state index contributed by atoms with van der Waals surface area (Å²) in [5.74, 6) is -0.107. The highest BCUT2D eigenvalue weighted by Crippen LogP contribution is 2.37. The zero-order chi connectivity index (χ0) is 15.9. The van der Waals surface area contributed by atoms with Gasteiger partial charge in [-0.1, -0.05) is 12.1 Å². The second-order valence-electron chi connectivity index (χ2n) is 6.10. The monoisotopic (exact) mass is 386 g/mol. The number of sulfonamides is 1. The van der Waals surface area contributed by atoms with Gasteiger partial charge >= 0.3 is 0 Å². The fourth-order valence-electron chi connectivity index (χ4n) is 3.70. The Balaban J connectivity index is 1.70. The third kappa shape index (κ3) is 3.07. The Morgan fingerprint density at radius 2 is 1.82 bits per heavy atom. The van der Waals surface area contributed by atoms with Crippen molar-refractivity contribution < 1.29 is 13.2 Å². The molecule has 0 radical (unpaired) electrons. The van der Waals surface area contributed by atoms with Crippen LogP contribution < -0.4 is 5.32 Å². The number of hydrogen-bond donors (Lipinski definition) is 1. The number of halogens is 1. The molecule has 1 N–H and O–H groups in total. The van der Waals surface area contributed by atoms with E-state index >= 15 is 0 Å². The van der Waals surface area contributed by atoms with Crippen LogP contribution in [0.25, 0.3) is 0 Å². The minimum absolute atomic E-state index is 0.0262. The van der Waals surface area contributed by atoms with Crippen LogP contribution in [0, 0.1) is 0 Å². The van der Waals surface area contributed by atoms with Crippen LogP contribution >= 0.6 is 15.9 Å². The van der Waals surface area contributed by atoms with E-state index in [-0.39, 0.29) is 24.0 Å². The highest BCUT2D eigenvalue weighted by molar-refractivity contribution is 9.10. The molecular weight excluding hydrogens is 368 g/mol. The van der Waals surface area contributed by atoms with Crippen LogP contribution in [0.3, 0.4) is 0 Å². The second kappa shape index (κ2) is 5.94. The van der Waals surface area contributed by atoms with Gasteiger partial charge in [0, 0.05) is 22.6 Å². The highest BCUT2D eigenvalue weighted by atomic mass is 79.9. The Labute approximate surface area is 139 Å². The standard InChI is InChI=1S/C15H19BrN2O3S/c1-22(20,21)18-11-6-7-12(18)9-10(8-11)17-15(19)13-4-2-3-5-14(13)16/h2-5,10-12H,6-9H2,1H3,(H,17,19). The van der Waals surface area contributed by atoms with Gasteiger partial charge < -0.3 is 5.32 Å². The molecule has 2 aliphatic heterocycles. The number of carbonyl (C=O) groups excluding carboxylic acids is 1. The van der Waals surface area contributed by atoms with Crippen LogP contribution in [0.1, 0.15) is 36.0 Å². The molecule has 2 unspecified atom stereocenters. The zero-order valence-corrected chi connectivity index (χ0v) is 14.7. The number of amides is 1. The van der Waals surface area contributed by atoms with Crippen LogP contribution in [-0.4, -0.2) is 43.0 Å². The lowest BCUT2D eigenvalue weighted by atomic mass is 9.99. The molecule has 22 heavy (non-hydrogen) atoms. The van der Waals surface area contributed by atoms with E-state index < -0.39 is 10.0 Å². The molecule has 1 aromatic carbocycles. The van der Waals surface area contributed by atoms with Crippen molar-refractivity contribution in [3.05, 3.63) is 34.3 Å². The van der Waals surface area contributed by atoms with Crippen LogP contribution in [0.4, 0.5) is 0 Å². The van der Waals surface area contributed by atoms with Crippen molar-refractivity contribution in [2.24, 2.45) is 0 Å². The Kier molecular flexibility index (Phi) is 4.31. The molecule has 2 saturated heterocycles. The van der Waals surface area contributed by atoms with E-state index in [1.54, 1.807) is 10.4 Å². The molecule has 7 heteroatoms. The van der Waals surface area contributed by atoms with Crippen molar-refractivity contribution in [2.45, 2.75) is 43.8 Å². The molecule has 3 rings (SSSR count). The van der Waals surface area contributed by atoms with Crippen molar-refractivity contribution in [1.82, 2.24) is 9.62 Å². The van der Waals surface area contributed by atoms with Crippen molar-refractivity contribution in [2.75, 3.05) is 6.26 Å². The predicted molar refractivity (Wildman–Crippen MR) is 88.1 cm³/mol. The first-order valence-electron chi connectivity index (χ1n) is 7.40. The minimum atomic E-state index is -3.16.